The van der Waals surface area contributed by atoms with Gasteiger partial charge in [0.2, 0.25) is 0 Å². The summed E-state index contributed by atoms with van der Waals surface area (Å²) < 4.78 is 13.3. The molecule has 3 fully saturated rings. The van der Waals surface area contributed by atoms with Gasteiger partial charge in [-0.3, -0.25) is 0 Å². The van der Waals surface area contributed by atoms with E-state index in [1.165, 1.54) is 62.7 Å². The van der Waals surface area contributed by atoms with Gasteiger partial charge in [-0.1, -0.05) is 42.8 Å². The van der Waals surface area contributed by atoms with Gasteiger partial charge >= 0.3 is 0 Å². The number of rotatable bonds is 3. The Labute approximate surface area is 156 Å². The molecular formula is C24H28FN. The van der Waals surface area contributed by atoms with Gasteiger partial charge in [0, 0.05) is 6.04 Å². The third-order valence-corrected chi connectivity index (χ3v) is 7.26. The van der Waals surface area contributed by atoms with E-state index >= 15 is 0 Å². The Kier molecular flexibility index (Phi) is 4.32. The number of halogens is 1. The first-order valence-electron chi connectivity index (χ1n) is 10.4. The van der Waals surface area contributed by atoms with E-state index in [4.69, 9.17) is 0 Å². The van der Waals surface area contributed by atoms with Crippen molar-refractivity contribution in [2.75, 3.05) is 13.1 Å². The van der Waals surface area contributed by atoms with Gasteiger partial charge in [-0.25, -0.2) is 4.39 Å². The van der Waals surface area contributed by atoms with Gasteiger partial charge in [-0.15, -0.1) is 0 Å². The smallest absolute Gasteiger partial charge is 0.123 e. The van der Waals surface area contributed by atoms with Gasteiger partial charge in [-0.05, 0) is 91.8 Å². The van der Waals surface area contributed by atoms with Crippen molar-refractivity contribution in [3.8, 4) is 11.1 Å². The maximum absolute atomic E-state index is 13.3. The number of fused-ring (bicyclic) bond motifs is 2. The Morgan fingerprint density at radius 2 is 1.58 bits per heavy atom. The van der Waals surface area contributed by atoms with Gasteiger partial charge in [0.15, 0.2) is 0 Å². The highest BCUT2D eigenvalue weighted by molar-refractivity contribution is 5.68. The van der Waals surface area contributed by atoms with Crippen LogP contribution in [0.2, 0.25) is 0 Å². The molecule has 0 N–H and O–H groups in total. The predicted octanol–water partition coefficient (Wildman–Crippen LogP) is 5.86. The van der Waals surface area contributed by atoms with Crippen molar-refractivity contribution in [3.05, 3.63) is 59.9 Å². The van der Waals surface area contributed by atoms with E-state index in [-0.39, 0.29) is 5.82 Å². The molecule has 2 saturated carbocycles. The number of benzene rings is 2. The third-order valence-electron chi connectivity index (χ3n) is 7.26. The maximum Gasteiger partial charge on any atom is 0.123 e. The Balaban J connectivity index is 1.32. The molecule has 1 aliphatic heterocycles. The van der Waals surface area contributed by atoms with Crippen molar-refractivity contribution >= 4 is 0 Å². The quantitative estimate of drug-likeness (QED) is 0.671. The summed E-state index contributed by atoms with van der Waals surface area (Å²) in [6.07, 6.45) is 8.43. The summed E-state index contributed by atoms with van der Waals surface area (Å²) in [6.45, 7) is 2.49. The zero-order chi connectivity index (χ0) is 17.5. The SMILES string of the molecule is Fc1ccc(-c2ccccc2C2CCN([C@H]3C[C@H]4CC[C@H]3C4)CC2)cc1. The molecule has 2 aromatic carbocycles. The minimum absolute atomic E-state index is 0.162. The van der Waals surface area contributed by atoms with Crippen LogP contribution in [0, 0.1) is 17.7 Å². The second-order valence-corrected chi connectivity index (χ2v) is 8.65. The van der Waals surface area contributed by atoms with Crippen LogP contribution in [-0.4, -0.2) is 24.0 Å². The molecule has 2 heteroatoms. The van der Waals surface area contributed by atoms with Gasteiger partial charge in [0.05, 0.1) is 0 Å². The van der Waals surface area contributed by atoms with Crippen molar-refractivity contribution in [1.29, 1.82) is 0 Å². The van der Waals surface area contributed by atoms with E-state index in [9.17, 15) is 4.39 Å². The fourth-order valence-electron chi connectivity index (χ4n) is 5.95. The van der Waals surface area contributed by atoms with Gasteiger partial charge in [0.25, 0.3) is 0 Å². The molecule has 0 unspecified atom stereocenters. The summed E-state index contributed by atoms with van der Waals surface area (Å²) in [5.74, 6) is 2.49. The highest BCUT2D eigenvalue weighted by Gasteiger charge is 2.42. The Morgan fingerprint density at radius 1 is 0.808 bits per heavy atom. The summed E-state index contributed by atoms with van der Waals surface area (Å²) >= 11 is 0. The van der Waals surface area contributed by atoms with E-state index in [0.717, 1.165) is 23.4 Å². The molecular weight excluding hydrogens is 321 g/mol. The molecule has 1 heterocycles. The van der Waals surface area contributed by atoms with E-state index in [1.807, 2.05) is 12.1 Å². The summed E-state index contributed by atoms with van der Waals surface area (Å²) in [5.41, 5.74) is 3.87. The number of nitrogens with zero attached hydrogens (tertiary/aromatic N) is 1. The topological polar surface area (TPSA) is 3.24 Å². The molecule has 3 aliphatic rings. The molecule has 1 nitrogen and oxygen atoms in total. The minimum Gasteiger partial charge on any atom is -0.300 e. The summed E-state index contributed by atoms with van der Waals surface area (Å²) in [7, 11) is 0. The number of likely N-dealkylation sites (tertiary alicyclic amines) is 1. The average molecular weight is 349 g/mol. The van der Waals surface area contributed by atoms with Crippen LogP contribution < -0.4 is 0 Å². The zero-order valence-electron chi connectivity index (χ0n) is 15.4. The van der Waals surface area contributed by atoms with Crippen LogP contribution in [0.25, 0.3) is 11.1 Å². The molecule has 3 atom stereocenters. The van der Waals surface area contributed by atoms with E-state index in [1.54, 1.807) is 12.1 Å². The minimum atomic E-state index is -0.162. The molecule has 2 bridgehead atoms. The van der Waals surface area contributed by atoms with E-state index < -0.39 is 0 Å². The van der Waals surface area contributed by atoms with Crippen LogP contribution >= 0.6 is 0 Å². The Bertz CT molecular complexity index is 760. The molecule has 0 spiro atoms. The highest BCUT2D eigenvalue weighted by atomic mass is 19.1. The second-order valence-electron chi connectivity index (χ2n) is 8.65. The lowest BCUT2D eigenvalue weighted by atomic mass is 9.83. The zero-order valence-corrected chi connectivity index (χ0v) is 15.4. The van der Waals surface area contributed by atoms with Gasteiger partial charge < -0.3 is 4.90 Å². The lowest BCUT2D eigenvalue weighted by Crippen LogP contribution is -2.43. The third kappa shape index (κ3) is 2.99. The molecule has 0 aromatic heterocycles. The first-order chi connectivity index (χ1) is 12.8. The first-order valence-corrected chi connectivity index (χ1v) is 10.4. The lowest BCUT2D eigenvalue weighted by molar-refractivity contribution is 0.111. The molecule has 2 aromatic rings. The van der Waals surface area contributed by atoms with Crippen LogP contribution in [-0.2, 0) is 0 Å². The van der Waals surface area contributed by atoms with Crippen LogP contribution in [0.4, 0.5) is 4.39 Å². The van der Waals surface area contributed by atoms with Crippen molar-refractivity contribution < 1.29 is 4.39 Å². The van der Waals surface area contributed by atoms with Crippen molar-refractivity contribution in [1.82, 2.24) is 4.90 Å². The number of hydrogen-bond donors (Lipinski definition) is 0. The number of hydrogen-bond acceptors (Lipinski definition) is 1. The van der Waals surface area contributed by atoms with E-state index in [2.05, 4.69) is 29.2 Å². The normalized spacial score (nSPS) is 29.3. The largest absolute Gasteiger partial charge is 0.300 e. The summed E-state index contributed by atoms with van der Waals surface area (Å²) in [6, 6.07) is 16.6. The fourth-order valence-corrected chi connectivity index (χ4v) is 5.95. The molecule has 0 amide bonds. The van der Waals surface area contributed by atoms with Crippen molar-refractivity contribution in [3.63, 3.8) is 0 Å². The van der Waals surface area contributed by atoms with Crippen LogP contribution in [0.15, 0.2) is 48.5 Å². The summed E-state index contributed by atoms with van der Waals surface area (Å²) in [4.78, 5) is 2.81. The lowest BCUT2D eigenvalue weighted by Gasteiger charge is -2.40. The van der Waals surface area contributed by atoms with Crippen molar-refractivity contribution in [2.24, 2.45) is 11.8 Å². The highest BCUT2D eigenvalue weighted by Crippen LogP contribution is 2.47. The first kappa shape index (κ1) is 16.5. The average Bonchev–Trinajstić information content (AvgIpc) is 3.32. The van der Waals surface area contributed by atoms with Crippen LogP contribution in [0.3, 0.4) is 0 Å². The van der Waals surface area contributed by atoms with Gasteiger partial charge in [0.1, 0.15) is 5.82 Å². The van der Waals surface area contributed by atoms with Crippen LogP contribution in [0.5, 0.6) is 0 Å². The molecule has 2 aliphatic carbocycles. The Morgan fingerprint density at radius 3 is 2.27 bits per heavy atom. The predicted molar refractivity (Wildman–Crippen MR) is 105 cm³/mol. The molecule has 1 saturated heterocycles. The molecule has 0 radical (unpaired) electrons. The Hall–Kier alpha value is -1.67. The van der Waals surface area contributed by atoms with Crippen molar-refractivity contribution in [2.45, 2.75) is 50.5 Å². The molecule has 5 rings (SSSR count). The summed E-state index contributed by atoms with van der Waals surface area (Å²) in [5, 5.41) is 0. The molecule has 26 heavy (non-hydrogen) atoms. The maximum atomic E-state index is 13.3. The number of piperidine rings is 1. The van der Waals surface area contributed by atoms with Gasteiger partial charge in [-0.2, -0.15) is 0 Å². The fraction of sp³-hybridized carbons (Fsp3) is 0.500. The monoisotopic (exact) mass is 349 g/mol. The second kappa shape index (κ2) is 6.81. The standard InChI is InChI=1S/C24H28FN/c25-21-9-7-18(8-10-21)22-3-1-2-4-23(22)19-11-13-26(14-12-19)24-16-17-5-6-20(24)15-17/h1-4,7-10,17,19-20,24H,5-6,11-16H2/t17-,20-,24-/m0/s1. The molecule has 136 valence electrons. The van der Waals surface area contributed by atoms with Crippen LogP contribution in [0.1, 0.15) is 50.0 Å². The van der Waals surface area contributed by atoms with E-state index in [0.29, 0.717) is 5.92 Å².